The maximum absolute atomic E-state index is 11.0. The molecule has 0 aliphatic rings. The number of hydrogen-bond donors (Lipinski definition) is 2. The zero-order valence-corrected chi connectivity index (χ0v) is 11.5. The van der Waals surface area contributed by atoms with Gasteiger partial charge in [0.2, 0.25) is 0 Å². The molecule has 0 aliphatic heterocycles. The first-order chi connectivity index (χ1) is 8.40. The highest BCUT2D eigenvalue weighted by Crippen LogP contribution is 2.19. The van der Waals surface area contributed by atoms with Gasteiger partial charge in [0.1, 0.15) is 0 Å². The second kappa shape index (κ2) is 6.28. The van der Waals surface area contributed by atoms with E-state index in [0.717, 1.165) is 24.3 Å². The summed E-state index contributed by atoms with van der Waals surface area (Å²) < 4.78 is 4.52. The minimum Gasteiger partial charge on any atom is -0.453 e. The van der Waals surface area contributed by atoms with E-state index in [1.54, 1.807) is 0 Å². The van der Waals surface area contributed by atoms with Crippen LogP contribution in [0.25, 0.3) is 0 Å². The van der Waals surface area contributed by atoms with Crippen LogP contribution in [0.15, 0.2) is 24.3 Å². The molecule has 18 heavy (non-hydrogen) atoms. The number of anilines is 2. The van der Waals surface area contributed by atoms with Crippen LogP contribution in [0.1, 0.15) is 27.2 Å². The van der Waals surface area contributed by atoms with Gasteiger partial charge in [-0.15, -0.1) is 0 Å². The number of hydrogen-bond acceptors (Lipinski definition) is 3. The summed E-state index contributed by atoms with van der Waals surface area (Å²) in [5, 5.41) is 5.96. The molecule has 1 amide bonds. The zero-order valence-electron chi connectivity index (χ0n) is 11.5. The SMILES string of the molecule is COC(=O)Nc1ccc(NCCC(C)(C)C)cc1. The summed E-state index contributed by atoms with van der Waals surface area (Å²) in [6.07, 6.45) is 0.651. The Kier molecular flexibility index (Phi) is 5.01. The van der Waals surface area contributed by atoms with Crippen LogP contribution in [0.4, 0.5) is 16.2 Å². The molecule has 100 valence electrons. The summed E-state index contributed by atoms with van der Waals surface area (Å²) in [5.74, 6) is 0. The van der Waals surface area contributed by atoms with Crippen molar-refractivity contribution in [1.29, 1.82) is 0 Å². The number of rotatable bonds is 4. The molecule has 4 nitrogen and oxygen atoms in total. The number of benzene rings is 1. The van der Waals surface area contributed by atoms with E-state index in [1.807, 2.05) is 24.3 Å². The van der Waals surface area contributed by atoms with Gasteiger partial charge >= 0.3 is 6.09 Å². The minimum atomic E-state index is -0.455. The minimum absolute atomic E-state index is 0.333. The lowest BCUT2D eigenvalue weighted by molar-refractivity contribution is 0.187. The molecule has 0 aliphatic carbocycles. The highest BCUT2D eigenvalue weighted by atomic mass is 16.5. The van der Waals surface area contributed by atoms with Gasteiger partial charge < -0.3 is 10.1 Å². The molecule has 0 unspecified atom stereocenters. The Bertz CT molecular complexity index is 380. The standard InChI is InChI=1S/C14H22N2O2/c1-14(2,3)9-10-15-11-5-7-12(8-6-11)16-13(17)18-4/h5-8,15H,9-10H2,1-4H3,(H,16,17). The van der Waals surface area contributed by atoms with Crippen LogP contribution in [0.5, 0.6) is 0 Å². The fraction of sp³-hybridized carbons (Fsp3) is 0.500. The largest absolute Gasteiger partial charge is 0.453 e. The van der Waals surface area contributed by atoms with Gasteiger partial charge in [0, 0.05) is 17.9 Å². The topological polar surface area (TPSA) is 50.4 Å². The molecule has 2 N–H and O–H groups in total. The van der Waals surface area contributed by atoms with Crippen molar-refractivity contribution in [3.63, 3.8) is 0 Å². The first kappa shape index (κ1) is 14.4. The van der Waals surface area contributed by atoms with Crippen LogP contribution < -0.4 is 10.6 Å². The average molecular weight is 250 g/mol. The van der Waals surface area contributed by atoms with Crippen molar-refractivity contribution < 1.29 is 9.53 Å². The summed E-state index contributed by atoms with van der Waals surface area (Å²) in [7, 11) is 1.34. The van der Waals surface area contributed by atoms with Gasteiger partial charge in [-0.25, -0.2) is 4.79 Å². The highest BCUT2D eigenvalue weighted by molar-refractivity contribution is 5.84. The van der Waals surface area contributed by atoms with Crippen molar-refractivity contribution in [3.8, 4) is 0 Å². The number of carbonyl (C=O) groups is 1. The molecular formula is C14H22N2O2. The molecule has 0 atom stereocenters. The molecule has 4 heteroatoms. The second-order valence-electron chi connectivity index (χ2n) is 5.43. The monoisotopic (exact) mass is 250 g/mol. The fourth-order valence-corrected chi connectivity index (χ4v) is 1.42. The lowest BCUT2D eigenvalue weighted by Gasteiger charge is -2.18. The Balaban J connectivity index is 2.43. The van der Waals surface area contributed by atoms with E-state index in [1.165, 1.54) is 7.11 Å². The van der Waals surface area contributed by atoms with Crippen molar-refractivity contribution in [2.75, 3.05) is 24.3 Å². The summed E-state index contributed by atoms with van der Waals surface area (Å²) in [6, 6.07) is 7.56. The van der Waals surface area contributed by atoms with E-state index in [0.29, 0.717) is 5.41 Å². The quantitative estimate of drug-likeness (QED) is 0.856. The summed E-state index contributed by atoms with van der Waals surface area (Å²) in [6.45, 7) is 7.60. The van der Waals surface area contributed by atoms with E-state index < -0.39 is 6.09 Å². The van der Waals surface area contributed by atoms with Crippen molar-refractivity contribution in [2.45, 2.75) is 27.2 Å². The van der Waals surface area contributed by atoms with Crippen molar-refractivity contribution >= 4 is 17.5 Å². The maximum atomic E-state index is 11.0. The molecular weight excluding hydrogens is 228 g/mol. The number of amides is 1. The van der Waals surface area contributed by atoms with Gasteiger partial charge in [0.15, 0.2) is 0 Å². The smallest absolute Gasteiger partial charge is 0.411 e. The lowest BCUT2D eigenvalue weighted by atomic mass is 9.92. The third kappa shape index (κ3) is 5.57. The Morgan fingerprint density at radius 1 is 1.17 bits per heavy atom. The number of methoxy groups -OCH3 is 1. The highest BCUT2D eigenvalue weighted by Gasteiger charge is 2.08. The van der Waals surface area contributed by atoms with Crippen LogP contribution in [0.2, 0.25) is 0 Å². The Morgan fingerprint density at radius 3 is 2.22 bits per heavy atom. The number of ether oxygens (including phenoxy) is 1. The van der Waals surface area contributed by atoms with Gasteiger partial charge in [0.25, 0.3) is 0 Å². The molecule has 0 fully saturated rings. The normalized spacial score (nSPS) is 10.9. The molecule has 0 radical (unpaired) electrons. The molecule has 0 bridgehead atoms. The fourth-order valence-electron chi connectivity index (χ4n) is 1.42. The second-order valence-corrected chi connectivity index (χ2v) is 5.43. The predicted octanol–water partition coefficient (Wildman–Crippen LogP) is 3.71. The van der Waals surface area contributed by atoms with Gasteiger partial charge in [-0.05, 0) is 36.1 Å². The molecule has 0 aromatic heterocycles. The number of nitrogens with one attached hydrogen (secondary N) is 2. The zero-order chi connectivity index (χ0) is 13.6. The first-order valence-electron chi connectivity index (χ1n) is 6.09. The van der Waals surface area contributed by atoms with E-state index in [-0.39, 0.29) is 0 Å². The van der Waals surface area contributed by atoms with Crippen molar-refractivity contribution in [1.82, 2.24) is 0 Å². The summed E-state index contributed by atoms with van der Waals surface area (Å²) in [4.78, 5) is 11.0. The van der Waals surface area contributed by atoms with Crippen LogP contribution in [0.3, 0.4) is 0 Å². The molecule has 0 saturated heterocycles. The Labute approximate surface area is 109 Å². The van der Waals surface area contributed by atoms with Crippen LogP contribution >= 0.6 is 0 Å². The third-order valence-electron chi connectivity index (χ3n) is 2.52. The van der Waals surface area contributed by atoms with Crippen molar-refractivity contribution in [3.05, 3.63) is 24.3 Å². The van der Waals surface area contributed by atoms with E-state index in [9.17, 15) is 4.79 Å². The summed E-state index contributed by atoms with van der Waals surface area (Å²) >= 11 is 0. The molecule has 0 spiro atoms. The summed E-state index contributed by atoms with van der Waals surface area (Å²) in [5.41, 5.74) is 2.11. The maximum Gasteiger partial charge on any atom is 0.411 e. The molecule has 1 aromatic carbocycles. The average Bonchev–Trinajstić information content (AvgIpc) is 2.29. The molecule has 0 heterocycles. The van der Waals surface area contributed by atoms with Gasteiger partial charge in [-0.3, -0.25) is 5.32 Å². The third-order valence-corrected chi connectivity index (χ3v) is 2.52. The van der Waals surface area contributed by atoms with Gasteiger partial charge in [-0.1, -0.05) is 20.8 Å². The molecule has 1 aromatic rings. The Hall–Kier alpha value is -1.71. The van der Waals surface area contributed by atoms with Gasteiger partial charge in [0.05, 0.1) is 7.11 Å². The molecule has 0 saturated carbocycles. The predicted molar refractivity (Wildman–Crippen MR) is 75.0 cm³/mol. The van der Waals surface area contributed by atoms with E-state index in [2.05, 4.69) is 36.1 Å². The van der Waals surface area contributed by atoms with E-state index in [4.69, 9.17) is 0 Å². The molecule has 1 rings (SSSR count). The number of carbonyl (C=O) groups excluding carboxylic acids is 1. The van der Waals surface area contributed by atoms with Crippen molar-refractivity contribution in [2.24, 2.45) is 5.41 Å². The van der Waals surface area contributed by atoms with Crippen LogP contribution in [-0.2, 0) is 4.74 Å². The van der Waals surface area contributed by atoms with Gasteiger partial charge in [-0.2, -0.15) is 0 Å². The lowest BCUT2D eigenvalue weighted by Crippen LogP contribution is -2.13. The van der Waals surface area contributed by atoms with Crippen LogP contribution in [0, 0.1) is 5.41 Å². The van der Waals surface area contributed by atoms with E-state index >= 15 is 0 Å². The Morgan fingerprint density at radius 2 is 1.72 bits per heavy atom. The van der Waals surface area contributed by atoms with Crippen LogP contribution in [-0.4, -0.2) is 19.7 Å². The first-order valence-corrected chi connectivity index (χ1v) is 6.09.